The van der Waals surface area contributed by atoms with Crippen LogP contribution in [0.5, 0.6) is 11.5 Å². The minimum absolute atomic E-state index is 0.265. The number of hydrogen-bond acceptors (Lipinski definition) is 5. The Hall–Kier alpha value is -3.87. The molecule has 0 aliphatic carbocycles. The van der Waals surface area contributed by atoms with Gasteiger partial charge in [0, 0.05) is 12.4 Å². The van der Waals surface area contributed by atoms with E-state index >= 15 is 0 Å². The number of carbonyl (C=O) groups is 2. The van der Waals surface area contributed by atoms with Crippen LogP contribution in [0.4, 0.5) is 11.4 Å². The van der Waals surface area contributed by atoms with Crippen LogP contribution < -0.4 is 20.1 Å². The first-order chi connectivity index (χ1) is 13.6. The van der Waals surface area contributed by atoms with Crippen LogP contribution in [-0.4, -0.2) is 31.0 Å². The number of para-hydroxylation sites is 2. The van der Waals surface area contributed by atoms with Gasteiger partial charge in [-0.1, -0.05) is 18.2 Å². The Bertz CT molecular complexity index is 968. The highest BCUT2D eigenvalue weighted by Crippen LogP contribution is 2.30. The van der Waals surface area contributed by atoms with Gasteiger partial charge in [0.25, 0.3) is 11.8 Å². The lowest BCUT2D eigenvalue weighted by atomic mass is 10.1. The highest BCUT2D eigenvalue weighted by molar-refractivity contribution is 6.11. The van der Waals surface area contributed by atoms with Gasteiger partial charge in [0.05, 0.1) is 31.2 Å². The number of benzene rings is 2. The molecule has 3 rings (SSSR count). The van der Waals surface area contributed by atoms with Gasteiger partial charge in [-0.15, -0.1) is 0 Å². The molecule has 142 valence electrons. The van der Waals surface area contributed by atoms with Gasteiger partial charge in [-0.2, -0.15) is 0 Å². The summed E-state index contributed by atoms with van der Waals surface area (Å²) in [6, 6.07) is 15.3. The Kier molecular flexibility index (Phi) is 5.86. The molecule has 0 bridgehead atoms. The molecule has 3 aromatic rings. The van der Waals surface area contributed by atoms with Crippen molar-refractivity contribution in [3.63, 3.8) is 0 Å². The minimum atomic E-state index is -0.419. The van der Waals surface area contributed by atoms with Crippen molar-refractivity contribution in [3.05, 3.63) is 78.1 Å². The number of ether oxygens (including phenoxy) is 2. The summed E-state index contributed by atoms with van der Waals surface area (Å²) in [4.78, 5) is 29.2. The predicted molar refractivity (Wildman–Crippen MR) is 106 cm³/mol. The monoisotopic (exact) mass is 377 g/mol. The molecule has 7 nitrogen and oxygen atoms in total. The van der Waals surface area contributed by atoms with Crippen LogP contribution in [0.2, 0.25) is 0 Å². The van der Waals surface area contributed by atoms with E-state index in [0.717, 1.165) is 0 Å². The van der Waals surface area contributed by atoms with Crippen molar-refractivity contribution in [2.24, 2.45) is 0 Å². The number of aromatic nitrogens is 1. The fraction of sp³-hybridized carbons (Fsp3) is 0.0952. The van der Waals surface area contributed by atoms with E-state index in [2.05, 4.69) is 15.6 Å². The average molecular weight is 377 g/mol. The predicted octanol–water partition coefficient (Wildman–Crippen LogP) is 3.60. The standard InChI is InChI=1S/C21H19N3O4/c1-27-17-10-5-11-18(28-2)19(17)21(26)24-16-9-4-3-8-15(16)23-20(25)14-7-6-12-22-13-14/h3-13H,1-2H3,(H,23,25)(H,24,26). The summed E-state index contributed by atoms with van der Waals surface area (Å²) in [5, 5.41) is 5.59. The lowest BCUT2D eigenvalue weighted by Gasteiger charge is -2.15. The van der Waals surface area contributed by atoms with Gasteiger partial charge in [0.15, 0.2) is 0 Å². The largest absolute Gasteiger partial charge is 0.496 e. The van der Waals surface area contributed by atoms with Crippen molar-refractivity contribution in [2.75, 3.05) is 24.9 Å². The number of anilines is 2. The Morgan fingerprint density at radius 1 is 0.786 bits per heavy atom. The first-order valence-corrected chi connectivity index (χ1v) is 8.46. The molecule has 0 saturated heterocycles. The van der Waals surface area contributed by atoms with Gasteiger partial charge in [0.1, 0.15) is 17.1 Å². The normalized spacial score (nSPS) is 10.1. The van der Waals surface area contributed by atoms with Crippen molar-refractivity contribution in [2.45, 2.75) is 0 Å². The maximum atomic E-state index is 12.9. The highest BCUT2D eigenvalue weighted by atomic mass is 16.5. The second-order valence-corrected chi connectivity index (χ2v) is 5.73. The van der Waals surface area contributed by atoms with Crippen LogP contribution in [0.1, 0.15) is 20.7 Å². The van der Waals surface area contributed by atoms with E-state index in [1.54, 1.807) is 60.8 Å². The van der Waals surface area contributed by atoms with Gasteiger partial charge in [-0.3, -0.25) is 14.6 Å². The Labute approximate surface area is 162 Å². The first-order valence-electron chi connectivity index (χ1n) is 8.46. The molecule has 2 aromatic carbocycles. The van der Waals surface area contributed by atoms with Crippen molar-refractivity contribution in [1.82, 2.24) is 4.98 Å². The van der Waals surface area contributed by atoms with Crippen molar-refractivity contribution >= 4 is 23.2 Å². The van der Waals surface area contributed by atoms with E-state index in [1.165, 1.54) is 20.4 Å². The summed E-state index contributed by atoms with van der Waals surface area (Å²) in [5.74, 6) is 0.0181. The SMILES string of the molecule is COc1cccc(OC)c1C(=O)Nc1ccccc1NC(=O)c1cccnc1. The second-order valence-electron chi connectivity index (χ2n) is 5.73. The molecular formula is C21H19N3O4. The number of amides is 2. The quantitative estimate of drug-likeness (QED) is 0.685. The average Bonchev–Trinajstić information content (AvgIpc) is 2.74. The number of nitrogens with one attached hydrogen (secondary N) is 2. The molecule has 2 N–H and O–H groups in total. The van der Waals surface area contributed by atoms with E-state index in [9.17, 15) is 9.59 Å². The van der Waals surface area contributed by atoms with E-state index < -0.39 is 5.91 Å². The smallest absolute Gasteiger partial charge is 0.263 e. The fourth-order valence-electron chi connectivity index (χ4n) is 2.65. The van der Waals surface area contributed by atoms with Gasteiger partial charge in [0.2, 0.25) is 0 Å². The number of carbonyl (C=O) groups excluding carboxylic acids is 2. The van der Waals surface area contributed by atoms with E-state index in [-0.39, 0.29) is 11.5 Å². The van der Waals surface area contributed by atoms with E-state index in [1.807, 2.05) is 0 Å². The van der Waals surface area contributed by atoms with Crippen LogP contribution in [0.25, 0.3) is 0 Å². The molecular weight excluding hydrogens is 358 g/mol. The lowest BCUT2D eigenvalue weighted by Crippen LogP contribution is -2.18. The van der Waals surface area contributed by atoms with Crippen molar-refractivity contribution in [1.29, 1.82) is 0 Å². The molecule has 0 fully saturated rings. The van der Waals surface area contributed by atoms with Crippen LogP contribution in [-0.2, 0) is 0 Å². The summed E-state index contributed by atoms with van der Waals surface area (Å²) in [6.45, 7) is 0. The van der Waals surface area contributed by atoms with Crippen molar-refractivity contribution < 1.29 is 19.1 Å². The van der Waals surface area contributed by atoms with E-state index in [4.69, 9.17) is 9.47 Å². The lowest BCUT2D eigenvalue weighted by molar-refractivity contribution is 0.101. The Balaban J connectivity index is 1.86. The molecule has 1 aromatic heterocycles. The zero-order chi connectivity index (χ0) is 19.9. The summed E-state index contributed by atoms with van der Waals surface area (Å²) < 4.78 is 10.6. The number of methoxy groups -OCH3 is 2. The van der Waals surface area contributed by atoms with Gasteiger partial charge < -0.3 is 20.1 Å². The summed E-state index contributed by atoms with van der Waals surface area (Å²) in [7, 11) is 2.96. The molecule has 1 heterocycles. The zero-order valence-electron chi connectivity index (χ0n) is 15.4. The molecule has 0 saturated carbocycles. The summed E-state index contributed by atoms with van der Waals surface area (Å²) in [5.41, 5.74) is 1.58. The van der Waals surface area contributed by atoms with Crippen molar-refractivity contribution in [3.8, 4) is 11.5 Å². The summed E-state index contributed by atoms with van der Waals surface area (Å²) >= 11 is 0. The minimum Gasteiger partial charge on any atom is -0.496 e. The maximum absolute atomic E-state index is 12.9. The first kappa shape index (κ1) is 18.9. The molecule has 0 unspecified atom stereocenters. The van der Waals surface area contributed by atoms with Gasteiger partial charge >= 0.3 is 0 Å². The van der Waals surface area contributed by atoms with E-state index in [0.29, 0.717) is 28.4 Å². The molecule has 0 radical (unpaired) electrons. The number of hydrogen-bond donors (Lipinski definition) is 2. The van der Waals surface area contributed by atoms with Gasteiger partial charge in [-0.05, 0) is 36.4 Å². The highest BCUT2D eigenvalue weighted by Gasteiger charge is 2.19. The topological polar surface area (TPSA) is 89.5 Å². The number of nitrogens with zero attached hydrogens (tertiary/aromatic N) is 1. The number of rotatable bonds is 6. The third-order valence-corrected chi connectivity index (χ3v) is 4.00. The summed E-state index contributed by atoms with van der Waals surface area (Å²) in [6.07, 6.45) is 3.06. The maximum Gasteiger partial charge on any atom is 0.263 e. The Morgan fingerprint density at radius 2 is 1.39 bits per heavy atom. The van der Waals surface area contributed by atoms with Crippen LogP contribution in [0.3, 0.4) is 0 Å². The fourth-order valence-corrected chi connectivity index (χ4v) is 2.65. The zero-order valence-corrected chi connectivity index (χ0v) is 15.4. The molecule has 0 aliphatic rings. The third kappa shape index (κ3) is 4.09. The number of pyridine rings is 1. The van der Waals surface area contributed by atoms with Crippen LogP contribution in [0.15, 0.2) is 67.0 Å². The molecule has 7 heteroatoms. The van der Waals surface area contributed by atoms with Gasteiger partial charge in [-0.25, -0.2) is 0 Å². The second kappa shape index (κ2) is 8.68. The van der Waals surface area contributed by atoms with Crippen LogP contribution >= 0.6 is 0 Å². The van der Waals surface area contributed by atoms with Crippen LogP contribution in [0, 0.1) is 0 Å². The third-order valence-electron chi connectivity index (χ3n) is 4.00. The Morgan fingerprint density at radius 3 is 1.93 bits per heavy atom. The molecule has 28 heavy (non-hydrogen) atoms. The molecule has 0 atom stereocenters. The molecule has 2 amide bonds. The molecule has 0 aliphatic heterocycles. The molecule has 0 spiro atoms.